The van der Waals surface area contributed by atoms with Gasteiger partial charge in [-0.15, -0.1) is 0 Å². The summed E-state index contributed by atoms with van der Waals surface area (Å²) in [6, 6.07) is 24.8. The van der Waals surface area contributed by atoms with Crippen molar-refractivity contribution in [1.29, 1.82) is 0 Å². The maximum Gasteiger partial charge on any atom is 0.243 e. The number of anilines is 1. The van der Waals surface area contributed by atoms with Gasteiger partial charge in [0.25, 0.3) is 0 Å². The molecule has 32 heavy (non-hydrogen) atoms. The fraction of sp³-hybridized carbons (Fsp3) is 0.192. The van der Waals surface area contributed by atoms with Gasteiger partial charge >= 0.3 is 0 Å². The van der Waals surface area contributed by atoms with E-state index in [9.17, 15) is 9.59 Å². The molecule has 6 heteroatoms. The molecule has 0 aromatic heterocycles. The first-order chi connectivity index (χ1) is 15.6. The number of para-hydroxylation sites is 2. The second-order valence-corrected chi connectivity index (χ2v) is 7.64. The summed E-state index contributed by atoms with van der Waals surface area (Å²) >= 11 is 0. The molecule has 6 nitrogen and oxygen atoms in total. The molecule has 0 spiro atoms. The molecule has 0 aliphatic carbocycles. The van der Waals surface area contributed by atoms with E-state index in [-0.39, 0.29) is 24.7 Å². The molecule has 0 saturated carbocycles. The van der Waals surface area contributed by atoms with Gasteiger partial charge in [0.1, 0.15) is 5.75 Å². The number of rotatable bonds is 7. The lowest BCUT2D eigenvalue weighted by molar-refractivity contribution is -0.132. The van der Waals surface area contributed by atoms with Crippen molar-refractivity contribution < 1.29 is 14.3 Å². The van der Waals surface area contributed by atoms with Gasteiger partial charge in [-0.25, -0.2) is 5.01 Å². The molecule has 4 rings (SSSR count). The van der Waals surface area contributed by atoms with E-state index < -0.39 is 0 Å². The highest BCUT2D eigenvalue weighted by Crippen LogP contribution is 2.29. The summed E-state index contributed by atoms with van der Waals surface area (Å²) in [6.07, 6.45) is 0.883. The quantitative estimate of drug-likeness (QED) is 0.567. The Morgan fingerprint density at radius 1 is 0.938 bits per heavy atom. The van der Waals surface area contributed by atoms with E-state index in [0.717, 1.165) is 16.8 Å². The Morgan fingerprint density at radius 2 is 1.66 bits per heavy atom. The van der Waals surface area contributed by atoms with Crippen LogP contribution in [0.15, 0.2) is 84.0 Å². The number of hydrogen-bond acceptors (Lipinski definition) is 4. The number of carbonyl (C=O) groups is 2. The van der Waals surface area contributed by atoms with Crippen LogP contribution < -0.4 is 10.1 Å². The molecule has 0 fully saturated rings. The van der Waals surface area contributed by atoms with E-state index in [2.05, 4.69) is 10.4 Å². The minimum atomic E-state index is -0.246. The molecule has 0 atom stereocenters. The Balaban J connectivity index is 1.32. The third-order valence-corrected chi connectivity index (χ3v) is 5.17. The predicted octanol–water partition coefficient (Wildman–Crippen LogP) is 5.14. The zero-order valence-corrected chi connectivity index (χ0v) is 18.0. The Morgan fingerprint density at radius 3 is 2.44 bits per heavy atom. The number of amides is 2. The number of hydrazone groups is 1. The first kappa shape index (κ1) is 21.3. The molecule has 0 saturated heterocycles. The van der Waals surface area contributed by atoms with Gasteiger partial charge in [0.2, 0.25) is 11.8 Å². The zero-order chi connectivity index (χ0) is 22.3. The summed E-state index contributed by atoms with van der Waals surface area (Å²) in [5.74, 6) is 0.835. The predicted molar refractivity (Wildman–Crippen MR) is 125 cm³/mol. The van der Waals surface area contributed by atoms with Crippen LogP contribution in [0.4, 0.5) is 5.69 Å². The number of carbonyl (C=O) groups excluding carboxylic acids is 2. The Labute approximate surface area is 187 Å². The van der Waals surface area contributed by atoms with E-state index >= 15 is 0 Å². The van der Waals surface area contributed by atoms with Crippen molar-refractivity contribution in [1.82, 2.24) is 5.01 Å². The van der Waals surface area contributed by atoms with Crippen LogP contribution in [-0.4, -0.2) is 29.1 Å². The van der Waals surface area contributed by atoms with E-state index in [4.69, 9.17) is 4.74 Å². The molecule has 0 radical (unpaired) electrons. The number of nitrogens with one attached hydrogen (secondary N) is 1. The summed E-state index contributed by atoms with van der Waals surface area (Å²) in [4.78, 5) is 25.0. The Kier molecular flexibility index (Phi) is 6.60. The summed E-state index contributed by atoms with van der Waals surface area (Å²) in [7, 11) is 0. The maximum absolute atomic E-state index is 12.5. The van der Waals surface area contributed by atoms with E-state index in [1.807, 2.05) is 73.7 Å². The van der Waals surface area contributed by atoms with E-state index in [0.29, 0.717) is 30.2 Å². The monoisotopic (exact) mass is 427 g/mol. The molecule has 162 valence electrons. The van der Waals surface area contributed by atoms with Crippen LogP contribution in [0, 0.1) is 6.92 Å². The molecular formula is C26H25N3O3. The molecular weight excluding hydrogens is 402 g/mol. The van der Waals surface area contributed by atoms with Gasteiger partial charge in [-0.2, -0.15) is 5.10 Å². The Bertz CT molecular complexity index is 1120. The molecule has 3 aromatic carbocycles. The third kappa shape index (κ3) is 5.40. The molecule has 1 heterocycles. The number of benzene rings is 3. The summed E-state index contributed by atoms with van der Waals surface area (Å²) < 4.78 is 5.92. The maximum atomic E-state index is 12.5. The second-order valence-electron chi connectivity index (χ2n) is 7.64. The van der Waals surface area contributed by atoms with Gasteiger partial charge in [-0.1, -0.05) is 60.2 Å². The van der Waals surface area contributed by atoms with Crippen molar-refractivity contribution in [2.45, 2.75) is 26.2 Å². The minimum absolute atomic E-state index is 0.0738. The van der Waals surface area contributed by atoms with Crippen LogP contribution in [-0.2, 0) is 9.59 Å². The van der Waals surface area contributed by atoms with Crippen LogP contribution >= 0.6 is 0 Å². The van der Waals surface area contributed by atoms with Gasteiger partial charge in [0.05, 0.1) is 17.9 Å². The van der Waals surface area contributed by atoms with Crippen molar-refractivity contribution in [2.75, 3.05) is 11.9 Å². The van der Waals surface area contributed by atoms with Crippen molar-refractivity contribution >= 4 is 23.2 Å². The van der Waals surface area contributed by atoms with Crippen LogP contribution in [0.1, 0.15) is 30.4 Å². The highest BCUT2D eigenvalue weighted by Gasteiger charge is 2.22. The first-order valence-electron chi connectivity index (χ1n) is 10.6. The van der Waals surface area contributed by atoms with Gasteiger partial charge in [0, 0.05) is 19.3 Å². The smallest absolute Gasteiger partial charge is 0.243 e. The van der Waals surface area contributed by atoms with Crippen LogP contribution in [0.5, 0.6) is 11.5 Å². The molecule has 0 unspecified atom stereocenters. The van der Waals surface area contributed by atoms with Gasteiger partial charge in [-0.3, -0.25) is 9.59 Å². The SMILES string of the molecule is Cc1ccc(Oc2ccccc2NC(=O)CCC(=O)N2CCC(c3ccccc3)=N2)cc1. The second kappa shape index (κ2) is 9.92. The topological polar surface area (TPSA) is 71.0 Å². The number of nitrogens with zero attached hydrogens (tertiary/aromatic N) is 2. The largest absolute Gasteiger partial charge is 0.455 e. The molecule has 1 aliphatic heterocycles. The fourth-order valence-electron chi connectivity index (χ4n) is 3.43. The third-order valence-electron chi connectivity index (χ3n) is 5.17. The average Bonchev–Trinajstić information content (AvgIpc) is 3.31. The molecule has 2 amide bonds. The number of hydrogen-bond donors (Lipinski definition) is 1. The van der Waals surface area contributed by atoms with Crippen molar-refractivity contribution in [3.8, 4) is 11.5 Å². The molecule has 1 aliphatic rings. The normalized spacial score (nSPS) is 12.9. The minimum Gasteiger partial charge on any atom is -0.455 e. The first-order valence-corrected chi connectivity index (χ1v) is 10.6. The molecule has 1 N–H and O–H groups in total. The highest BCUT2D eigenvalue weighted by atomic mass is 16.5. The lowest BCUT2D eigenvalue weighted by Gasteiger charge is -2.13. The van der Waals surface area contributed by atoms with Gasteiger partial charge in [0.15, 0.2) is 5.75 Å². The lowest BCUT2D eigenvalue weighted by atomic mass is 10.1. The fourth-order valence-corrected chi connectivity index (χ4v) is 3.43. The zero-order valence-electron chi connectivity index (χ0n) is 18.0. The van der Waals surface area contributed by atoms with Crippen LogP contribution in [0.3, 0.4) is 0 Å². The summed E-state index contributed by atoms with van der Waals surface area (Å²) in [5, 5.41) is 8.75. The van der Waals surface area contributed by atoms with E-state index in [1.54, 1.807) is 12.1 Å². The Hall–Kier alpha value is -3.93. The standard InChI is InChI=1S/C26H25N3O3/c1-19-11-13-21(14-12-19)32-24-10-6-5-9-23(24)27-25(30)15-16-26(31)29-18-17-22(28-29)20-7-3-2-4-8-20/h2-14H,15-18H2,1H3,(H,27,30). The van der Waals surface area contributed by atoms with Crippen molar-refractivity contribution in [3.05, 3.63) is 90.0 Å². The van der Waals surface area contributed by atoms with Crippen LogP contribution in [0.2, 0.25) is 0 Å². The van der Waals surface area contributed by atoms with Crippen LogP contribution in [0.25, 0.3) is 0 Å². The number of aryl methyl sites for hydroxylation is 1. The van der Waals surface area contributed by atoms with Gasteiger partial charge in [-0.05, 0) is 36.8 Å². The van der Waals surface area contributed by atoms with Crippen molar-refractivity contribution in [2.24, 2.45) is 5.10 Å². The van der Waals surface area contributed by atoms with Gasteiger partial charge < -0.3 is 10.1 Å². The van der Waals surface area contributed by atoms with Crippen molar-refractivity contribution in [3.63, 3.8) is 0 Å². The highest BCUT2D eigenvalue weighted by molar-refractivity contribution is 6.03. The number of ether oxygens (including phenoxy) is 1. The molecule has 0 bridgehead atoms. The molecule has 3 aromatic rings. The summed E-state index contributed by atoms with van der Waals surface area (Å²) in [5.41, 5.74) is 3.62. The average molecular weight is 428 g/mol. The lowest BCUT2D eigenvalue weighted by Crippen LogP contribution is -2.25. The summed E-state index contributed by atoms with van der Waals surface area (Å²) in [6.45, 7) is 2.55. The van der Waals surface area contributed by atoms with E-state index in [1.165, 1.54) is 5.01 Å².